The summed E-state index contributed by atoms with van der Waals surface area (Å²) in [5.41, 5.74) is 0.652. The van der Waals surface area contributed by atoms with Crippen molar-refractivity contribution in [2.24, 2.45) is 0 Å². The standard InChI is InChI=1S/C13H11BrFN5O5S/c1-26(22,23)16-5-4-10-11(18-25-17-10)12-19-24-13(21)20(12)7-2-3-9(15)8(14)6-7/h2-3,6,16H,4-5H2,1H3. The molecular formula is C13H11BrFN5O5S. The third-order valence-electron chi connectivity index (χ3n) is 3.26. The molecule has 138 valence electrons. The summed E-state index contributed by atoms with van der Waals surface area (Å²) in [4.78, 5) is 12.0. The number of hydrogen-bond donors (Lipinski definition) is 1. The molecular weight excluding hydrogens is 437 g/mol. The highest BCUT2D eigenvalue weighted by molar-refractivity contribution is 9.10. The number of sulfonamides is 1. The number of halogens is 2. The fourth-order valence-corrected chi connectivity index (χ4v) is 2.99. The van der Waals surface area contributed by atoms with Crippen LogP contribution in [0.15, 0.2) is 36.6 Å². The van der Waals surface area contributed by atoms with Crippen LogP contribution in [0.2, 0.25) is 0 Å². The van der Waals surface area contributed by atoms with E-state index in [9.17, 15) is 17.6 Å². The second kappa shape index (κ2) is 7.09. The van der Waals surface area contributed by atoms with Gasteiger partial charge in [-0.3, -0.25) is 4.52 Å². The van der Waals surface area contributed by atoms with Gasteiger partial charge < -0.3 is 0 Å². The fourth-order valence-electron chi connectivity index (χ4n) is 2.15. The summed E-state index contributed by atoms with van der Waals surface area (Å²) in [6, 6.07) is 3.90. The molecule has 0 aliphatic rings. The van der Waals surface area contributed by atoms with Crippen molar-refractivity contribution >= 4 is 26.0 Å². The average Bonchev–Trinajstić information content (AvgIpc) is 3.15. The number of benzene rings is 1. The fraction of sp³-hybridized carbons (Fsp3) is 0.231. The van der Waals surface area contributed by atoms with Crippen LogP contribution in [0.4, 0.5) is 4.39 Å². The Hall–Kier alpha value is -2.38. The smallest absolute Gasteiger partial charge is 0.295 e. The van der Waals surface area contributed by atoms with Crippen molar-refractivity contribution < 1.29 is 22.0 Å². The Bertz CT molecular complexity index is 1110. The molecule has 0 saturated heterocycles. The van der Waals surface area contributed by atoms with Gasteiger partial charge in [0, 0.05) is 13.0 Å². The maximum atomic E-state index is 13.4. The number of nitrogens with one attached hydrogen (secondary N) is 1. The molecule has 3 rings (SSSR count). The predicted octanol–water partition coefficient (Wildman–Crippen LogP) is 0.869. The van der Waals surface area contributed by atoms with Crippen LogP contribution < -0.4 is 10.5 Å². The first-order valence-corrected chi connectivity index (χ1v) is 9.75. The van der Waals surface area contributed by atoms with Crippen LogP contribution in [0.5, 0.6) is 0 Å². The number of aromatic nitrogens is 4. The molecule has 13 heteroatoms. The lowest BCUT2D eigenvalue weighted by Gasteiger charge is -2.05. The molecule has 1 N–H and O–H groups in total. The van der Waals surface area contributed by atoms with Gasteiger partial charge in [-0.25, -0.2) is 31.5 Å². The normalized spacial score (nSPS) is 11.8. The lowest BCUT2D eigenvalue weighted by atomic mass is 10.2. The Morgan fingerprint density at radius 2 is 2.08 bits per heavy atom. The van der Waals surface area contributed by atoms with Crippen molar-refractivity contribution in [1.82, 2.24) is 24.8 Å². The van der Waals surface area contributed by atoms with Crippen LogP contribution in [-0.4, -0.2) is 41.3 Å². The minimum absolute atomic E-state index is 0.0101. The van der Waals surface area contributed by atoms with Gasteiger partial charge in [-0.15, -0.1) is 0 Å². The van der Waals surface area contributed by atoms with Gasteiger partial charge in [0.25, 0.3) is 0 Å². The molecule has 10 nitrogen and oxygen atoms in total. The predicted molar refractivity (Wildman–Crippen MR) is 89.6 cm³/mol. The molecule has 0 saturated carbocycles. The van der Waals surface area contributed by atoms with Gasteiger partial charge >= 0.3 is 5.76 Å². The molecule has 3 aromatic rings. The minimum atomic E-state index is -3.37. The molecule has 2 heterocycles. The van der Waals surface area contributed by atoms with Gasteiger partial charge in [0.05, 0.1) is 16.4 Å². The van der Waals surface area contributed by atoms with E-state index >= 15 is 0 Å². The first kappa shape index (κ1) is 18.4. The van der Waals surface area contributed by atoms with Crippen LogP contribution in [0.25, 0.3) is 17.2 Å². The second-order valence-electron chi connectivity index (χ2n) is 5.18. The Morgan fingerprint density at radius 3 is 2.77 bits per heavy atom. The third kappa shape index (κ3) is 3.89. The Morgan fingerprint density at radius 1 is 1.31 bits per heavy atom. The lowest BCUT2D eigenvalue weighted by molar-refractivity contribution is 0.304. The van der Waals surface area contributed by atoms with Crippen molar-refractivity contribution in [3.63, 3.8) is 0 Å². The monoisotopic (exact) mass is 447 g/mol. The number of hydrogen-bond acceptors (Lipinski definition) is 8. The van der Waals surface area contributed by atoms with Crippen molar-refractivity contribution in [1.29, 1.82) is 0 Å². The molecule has 0 spiro atoms. The number of nitrogens with zero attached hydrogens (tertiary/aromatic N) is 4. The maximum Gasteiger partial charge on any atom is 0.446 e. The van der Waals surface area contributed by atoms with Gasteiger partial charge in [0.2, 0.25) is 15.8 Å². The summed E-state index contributed by atoms with van der Waals surface area (Å²) in [5, 5.41) is 11.1. The molecule has 0 radical (unpaired) electrons. The van der Waals surface area contributed by atoms with E-state index in [4.69, 9.17) is 0 Å². The van der Waals surface area contributed by atoms with Gasteiger partial charge in [-0.05, 0) is 39.3 Å². The van der Waals surface area contributed by atoms with Crippen molar-refractivity contribution in [2.75, 3.05) is 12.8 Å². The Balaban J connectivity index is 1.98. The van der Waals surface area contributed by atoms with Gasteiger partial charge in [-0.1, -0.05) is 10.3 Å². The van der Waals surface area contributed by atoms with Gasteiger partial charge in [0.15, 0.2) is 5.69 Å². The highest BCUT2D eigenvalue weighted by Gasteiger charge is 2.23. The molecule has 0 unspecified atom stereocenters. The molecule has 0 aliphatic carbocycles. The number of rotatable bonds is 6. The average molecular weight is 448 g/mol. The summed E-state index contributed by atoms with van der Waals surface area (Å²) in [6.45, 7) is 0.0459. The van der Waals surface area contributed by atoms with Crippen LogP contribution in [-0.2, 0) is 16.4 Å². The molecule has 1 aromatic carbocycles. The topological polar surface area (TPSA) is 133 Å². The van der Waals surface area contributed by atoms with E-state index in [0.717, 1.165) is 10.8 Å². The maximum absolute atomic E-state index is 13.4. The second-order valence-corrected chi connectivity index (χ2v) is 7.87. The lowest BCUT2D eigenvalue weighted by Crippen LogP contribution is -2.24. The highest BCUT2D eigenvalue weighted by Crippen LogP contribution is 2.24. The Labute approximate surface area is 154 Å². The third-order valence-corrected chi connectivity index (χ3v) is 4.60. The zero-order valence-corrected chi connectivity index (χ0v) is 15.5. The van der Waals surface area contributed by atoms with Gasteiger partial charge in [0.1, 0.15) is 11.5 Å². The van der Waals surface area contributed by atoms with E-state index in [1.165, 1.54) is 18.2 Å². The zero-order chi connectivity index (χ0) is 18.9. The summed E-state index contributed by atoms with van der Waals surface area (Å²) < 4.78 is 48.6. The van der Waals surface area contributed by atoms with Crippen molar-refractivity contribution in [3.8, 4) is 17.2 Å². The van der Waals surface area contributed by atoms with E-state index in [0.29, 0.717) is 0 Å². The van der Waals surface area contributed by atoms with Crippen LogP contribution >= 0.6 is 15.9 Å². The van der Waals surface area contributed by atoms with Crippen molar-refractivity contribution in [3.05, 3.63) is 44.7 Å². The van der Waals surface area contributed by atoms with E-state index in [2.05, 4.69) is 45.3 Å². The molecule has 0 bridgehead atoms. The quantitative estimate of drug-likeness (QED) is 0.588. The highest BCUT2D eigenvalue weighted by atomic mass is 79.9. The summed E-state index contributed by atoms with van der Waals surface area (Å²) in [6.07, 6.45) is 1.16. The summed E-state index contributed by atoms with van der Waals surface area (Å²) >= 11 is 3.04. The molecule has 0 aliphatic heterocycles. The molecule has 2 aromatic heterocycles. The zero-order valence-electron chi connectivity index (χ0n) is 13.1. The first-order valence-electron chi connectivity index (χ1n) is 7.07. The summed E-state index contributed by atoms with van der Waals surface area (Å²) in [7, 11) is -3.37. The van der Waals surface area contributed by atoms with Gasteiger partial charge in [-0.2, -0.15) is 0 Å². The van der Waals surface area contributed by atoms with E-state index in [-0.39, 0.29) is 40.3 Å². The van der Waals surface area contributed by atoms with E-state index in [1.54, 1.807) is 0 Å². The van der Waals surface area contributed by atoms with Crippen molar-refractivity contribution in [2.45, 2.75) is 6.42 Å². The molecule has 0 amide bonds. The molecule has 26 heavy (non-hydrogen) atoms. The first-order chi connectivity index (χ1) is 12.3. The summed E-state index contributed by atoms with van der Waals surface area (Å²) in [5.74, 6) is -1.33. The Kier molecular flexibility index (Phi) is 5.02. The van der Waals surface area contributed by atoms with Crippen LogP contribution in [0.3, 0.4) is 0 Å². The minimum Gasteiger partial charge on any atom is -0.295 e. The van der Waals surface area contributed by atoms with E-state index in [1.807, 2.05) is 0 Å². The van der Waals surface area contributed by atoms with Crippen LogP contribution in [0, 0.1) is 5.82 Å². The SMILES string of the molecule is CS(=O)(=O)NCCc1nonc1-c1noc(=O)n1-c1ccc(F)c(Br)c1. The van der Waals surface area contributed by atoms with Crippen LogP contribution in [0.1, 0.15) is 5.69 Å². The van der Waals surface area contributed by atoms with E-state index < -0.39 is 21.6 Å². The molecule has 0 atom stereocenters. The largest absolute Gasteiger partial charge is 0.446 e. The molecule has 0 fully saturated rings.